The number of carbonyl (C=O) groups excluding carboxylic acids is 3. The van der Waals surface area contributed by atoms with Crippen LogP contribution >= 0.6 is 11.8 Å². The van der Waals surface area contributed by atoms with Crippen LogP contribution < -0.4 is 0 Å². The average molecular weight is 303 g/mol. The van der Waals surface area contributed by atoms with E-state index in [-0.39, 0.29) is 11.3 Å². The van der Waals surface area contributed by atoms with Gasteiger partial charge in [-0.2, -0.15) is 0 Å². The molecule has 0 spiro atoms. The van der Waals surface area contributed by atoms with Crippen LogP contribution in [0, 0.1) is 0 Å². The summed E-state index contributed by atoms with van der Waals surface area (Å²) in [6.07, 6.45) is -0.509. The van der Waals surface area contributed by atoms with Crippen molar-refractivity contribution in [1.29, 1.82) is 0 Å². The molecule has 0 N–H and O–H groups in total. The molecule has 0 aromatic heterocycles. The summed E-state index contributed by atoms with van der Waals surface area (Å²) < 4.78 is 14.1. The second-order valence-electron chi connectivity index (χ2n) is 5.13. The van der Waals surface area contributed by atoms with Crippen molar-refractivity contribution < 1.29 is 28.6 Å². The molecule has 2 saturated heterocycles. The minimum Gasteiger partial charge on any atom is -0.428 e. The third-order valence-electron chi connectivity index (χ3n) is 3.33. The summed E-state index contributed by atoms with van der Waals surface area (Å²) in [5.41, 5.74) is 0. The molecule has 2 fully saturated rings. The molecule has 0 saturated carbocycles. The number of esters is 2. The van der Waals surface area contributed by atoms with Gasteiger partial charge in [0.2, 0.25) is 6.79 Å². The molecule has 2 aliphatic heterocycles. The van der Waals surface area contributed by atoms with Gasteiger partial charge in [0, 0.05) is 18.8 Å². The van der Waals surface area contributed by atoms with Crippen molar-refractivity contribution in [2.45, 2.75) is 43.0 Å². The maximum Gasteiger partial charge on any atom is 0.333 e. The van der Waals surface area contributed by atoms with Crippen LogP contribution in [0.5, 0.6) is 0 Å². The Morgan fingerprint density at radius 1 is 1.35 bits per heavy atom. The molecule has 0 aromatic carbocycles. The number of fused-ring (bicyclic) bond motifs is 1. The van der Waals surface area contributed by atoms with E-state index in [1.807, 2.05) is 13.8 Å². The summed E-state index contributed by atoms with van der Waals surface area (Å²) in [6, 6.07) is -0.702. The number of carbonyl (C=O) groups is 3. The Labute approximate surface area is 120 Å². The SMILES string of the molecule is CO[C@@H]1C(=O)N2[C@@H]1SC(C)(C)[C@@H]2C(=O)OCOC(C)=O. The van der Waals surface area contributed by atoms with Gasteiger partial charge >= 0.3 is 11.9 Å². The summed E-state index contributed by atoms with van der Waals surface area (Å²) in [4.78, 5) is 36.2. The van der Waals surface area contributed by atoms with Crippen LogP contribution in [0.1, 0.15) is 20.8 Å². The van der Waals surface area contributed by atoms with E-state index >= 15 is 0 Å². The number of methoxy groups -OCH3 is 1. The van der Waals surface area contributed by atoms with Crippen molar-refractivity contribution in [2.75, 3.05) is 13.9 Å². The van der Waals surface area contributed by atoms with E-state index in [0.717, 1.165) is 0 Å². The number of rotatable bonds is 4. The van der Waals surface area contributed by atoms with Crippen molar-refractivity contribution in [2.24, 2.45) is 0 Å². The summed E-state index contributed by atoms with van der Waals surface area (Å²) >= 11 is 1.50. The largest absolute Gasteiger partial charge is 0.428 e. The second-order valence-corrected chi connectivity index (χ2v) is 6.90. The molecular formula is C12H17NO6S. The summed E-state index contributed by atoms with van der Waals surface area (Å²) in [7, 11) is 1.47. The van der Waals surface area contributed by atoms with Crippen molar-refractivity contribution in [1.82, 2.24) is 4.90 Å². The van der Waals surface area contributed by atoms with Crippen molar-refractivity contribution >= 4 is 29.6 Å². The molecule has 7 nitrogen and oxygen atoms in total. The lowest BCUT2D eigenvalue weighted by atomic mass is 9.97. The minimum absolute atomic E-state index is 0.172. The Morgan fingerprint density at radius 2 is 2.00 bits per heavy atom. The van der Waals surface area contributed by atoms with E-state index in [2.05, 4.69) is 4.74 Å². The van der Waals surface area contributed by atoms with Gasteiger partial charge in [0.25, 0.3) is 5.91 Å². The Morgan fingerprint density at radius 3 is 2.55 bits per heavy atom. The maximum atomic E-state index is 12.1. The van der Waals surface area contributed by atoms with E-state index in [4.69, 9.17) is 9.47 Å². The molecular weight excluding hydrogens is 286 g/mol. The lowest BCUT2D eigenvalue weighted by molar-refractivity contribution is -0.181. The molecule has 1 amide bonds. The van der Waals surface area contributed by atoms with Crippen LogP contribution in [-0.4, -0.2) is 58.9 Å². The highest BCUT2D eigenvalue weighted by Crippen LogP contribution is 2.51. The third-order valence-corrected chi connectivity index (χ3v) is 4.88. The van der Waals surface area contributed by atoms with Crippen molar-refractivity contribution in [3.05, 3.63) is 0 Å². The molecule has 2 heterocycles. The van der Waals surface area contributed by atoms with Crippen LogP contribution in [0.2, 0.25) is 0 Å². The van der Waals surface area contributed by atoms with Crippen LogP contribution in [0.4, 0.5) is 0 Å². The number of thioether (sulfide) groups is 1. The van der Waals surface area contributed by atoms with Crippen molar-refractivity contribution in [3.63, 3.8) is 0 Å². The number of nitrogens with zero attached hydrogens (tertiary/aromatic N) is 1. The molecule has 3 atom stereocenters. The number of hydrogen-bond donors (Lipinski definition) is 0. The Kier molecular flexibility index (Phi) is 3.97. The molecule has 20 heavy (non-hydrogen) atoms. The fraction of sp³-hybridized carbons (Fsp3) is 0.750. The Bertz CT molecular complexity index is 451. The third kappa shape index (κ3) is 2.37. The first-order chi connectivity index (χ1) is 9.29. The van der Waals surface area contributed by atoms with Crippen LogP contribution in [0.25, 0.3) is 0 Å². The zero-order valence-electron chi connectivity index (χ0n) is 11.7. The second kappa shape index (κ2) is 5.25. The normalized spacial score (nSPS) is 30.5. The number of ether oxygens (including phenoxy) is 3. The topological polar surface area (TPSA) is 82.1 Å². The van der Waals surface area contributed by atoms with Crippen LogP contribution in [-0.2, 0) is 28.6 Å². The fourth-order valence-corrected chi connectivity index (χ4v) is 4.08. The van der Waals surface area contributed by atoms with Crippen LogP contribution in [0.3, 0.4) is 0 Å². The van der Waals surface area contributed by atoms with Gasteiger partial charge in [0.15, 0.2) is 6.10 Å². The average Bonchev–Trinajstić information content (AvgIpc) is 2.58. The zero-order chi connectivity index (χ0) is 15.1. The van der Waals surface area contributed by atoms with Crippen molar-refractivity contribution in [3.8, 4) is 0 Å². The quantitative estimate of drug-likeness (QED) is 0.414. The lowest BCUT2D eigenvalue weighted by Gasteiger charge is -2.42. The predicted molar refractivity (Wildman–Crippen MR) is 69.6 cm³/mol. The molecule has 8 heteroatoms. The first-order valence-electron chi connectivity index (χ1n) is 6.12. The Hall–Kier alpha value is -1.28. The number of hydrogen-bond acceptors (Lipinski definition) is 7. The van der Waals surface area contributed by atoms with E-state index in [9.17, 15) is 14.4 Å². The highest BCUT2D eigenvalue weighted by molar-refractivity contribution is 8.01. The first-order valence-corrected chi connectivity index (χ1v) is 7.00. The lowest BCUT2D eigenvalue weighted by Crippen LogP contribution is -2.66. The molecule has 2 aliphatic rings. The molecule has 0 unspecified atom stereocenters. The van der Waals surface area contributed by atoms with E-state index in [1.165, 1.54) is 30.7 Å². The Balaban J connectivity index is 2.04. The predicted octanol–water partition coefficient (Wildman–Crippen LogP) is 0.127. The van der Waals surface area contributed by atoms with E-state index in [1.54, 1.807) is 0 Å². The standard InChI is InChI=1S/C12H17NO6S/c1-6(14)18-5-19-11(16)8-12(2,3)20-10-7(17-4)9(15)13(8)10/h7-8,10H,5H2,1-4H3/t7-,8+,10-/m1/s1. The van der Waals surface area contributed by atoms with Gasteiger partial charge in [-0.3, -0.25) is 9.59 Å². The number of β-lactam (4-membered cyclic amide) rings is 1. The minimum atomic E-state index is -0.702. The molecule has 0 aliphatic carbocycles. The monoisotopic (exact) mass is 303 g/mol. The molecule has 2 rings (SSSR count). The van der Waals surface area contributed by atoms with E-state index < -0.39 is 35.6 Å². The summed E-state index contributed by atoms with van der Waals surface area (Å²) in [6.45, 7) is 4.52. The molecule has 0 bridgehead atoms. The van der Waals surface area contributed by atoms with E-state index in [0.29, 0.717) is 0 Å². The van der Waals surface area contributed by atoms with Gasteiger partial charge < -0.3 is 19.1 Å². The van der Waals surface area contributed by atoms with Gasteiger partial charge in [-0.25, -0.2) is 4.79 Å². The van der Waals surface area contributed by atoms with Gasteiger partial charge in [-0.1, -0.05) is 0 Å². The number of amides is 1. The molecule has 0 radical (unpaired) electrons. The summed E-state index contributed by atoms with van der Waals surface area (Å²) in [5, 5.41) is -0.172. The first kappa shape index (κ1) is 15.1. The van der Waals surface area contributed by atoms with Crippen LogP contribution in [0.15, 0.2) is 0 Å². The van der Waals surface area contributed by atoms with Gasteiger partial charge in [0.1, 0.15) is 11.4 Å². The maximum absolute atomic E-state index is 12.1. The smallest absolute Gasteiger partial charge is 0.333 e. The highest BCUT2D eigenvalue weighted by Gasteiger charge is 2.64. The van der Waals surface area contributed by atoms with Gasteiger partial charge in [-0.15, -0.1) is 11.8 Å². The summed E-state index contributed by atoms with van der Waals surface area (Å²) in [5.74, 6) is -1.32. The van der Waals surface area contributed by atoms with Gasteiger partial charge in [-0.05, 0) is 13.8 Å². The fourth-order valence-electron chi connectivity index (χ4n) is 2.43. The molecule has 112 valence electrons. The zero-order valence-corrected chi connectivity index (χ0v) is 12.6. The highest BCUT2D eigenvalue weighted by atomic mass is 32.2. The molecule has 0 aromatic rings. The van der Waals surface area contributed by atoms with Gasteiger partial charge in [0.05, 0.1) is 0 Å².